The molecular weight excluding hydrogens is 325 g/mol. The molecule has 1 N–H and O–H groups in total. The molecule has 1 aromatic rings. The van der Waals surface area contributed by atoms with E-state index < -0.39 is 12.0 Å². The van der Waals surface area contributed by atoms with Crippen LogP contribution < -0.4 is 5.32 Å². The molecular formula is C16H17Cl2NO3. The van der Waals surface area contributed by atoms with Crippen molar-refractivity contribution in [2.75, 3.05) is 5.32 Å². The smallest absolute Gasteiger partial charge is 0.310 e. The van der Waals surface area contributed by atoms with E-state index in [2.05, 4.69) is 5.32 Å². The van der Waals surface area contributed by atoms with Crippen molar-refractivity contribution >= 4 is 40.8 Å². The van der Waals surface area contributed by atoms with Gasteiger partial charge in [0.2, 0.25) is 0 Å². The fraction of sp³-hybridized carbons (Fsp3) is 0.375. The second-order valence-corrected chi connectivity index (χ2v) is 6.02. The number of benzene rings is 1. The van der Waals surface area contributed by atoms with Crippen molar-refractivity contribution in [3.63, 3.8) is 0 Å². The average Bonchev–Trinajstić information content (AvgIpc) is 2.51. The normalized spacial score (nSPS) is 18.6. The minimum absolute atomic E-state index is 0.171. The minimum Gasteiger partial charge on any atom is -0.452 e. The van der Waals surface area contributed by atoms with Gasteiger partial charge in [-0.3, -0.25) is 9.59 Å². The second-order valence-electron chi connectivity index (χ2n) is 5.17. The number of ether oxygens (including phenoxy) is 1. The minimum atomic E-state index is -0.895. The van der Waals surface area contributed by atoms with Crippen molar-refractivity contribution in [2.24, 2.45) is 5.92 Å². The van der Waals surface area contributed by atoms with E-state index in [0.29, 0.717) is 22.2 Å². The summed E-state index contributed by atoms with van der Waals surface area (Å²) < 4.78 is 5.23. The summed E-state index contributed by atoms with van der Waals surface area (Å²) in [5, 5.41) is 3.44. The molecule has 0 aliphatic heterocycles. The maximum Gasteiger partial charge on any atom is 0.310 e. The molecule has 2 atom stereocenters. The highest BCUT2D eigenvalue weighted by Gasteiger charge is 2.25. The second kappa shape index (κ2) is 7.65. The fourth-order valence-electron chi connectivity index (χ4n) is 2.16. The van der Waals surface area contributed by atoms with Crippen LogP contribution in [0.4, 0.5) is 5.69 Å². The molecule has 0 heterocycles. The van der Waals surface area contributed by atoms with Crippen LogP contribution in [0.2, 0.25) is 10.0 Å². The lowest BCUT2D eigenvalue weighted by molar-refractivity contribution is -0.157. The molecule has 4 nitrogen and oxygen atoms in total. The Morgan fingerprint density at radius 3 is 2.77 bits per heavy atom. The Bertz CT molecular complexity index is 601. The topological polar surface area (TPSA) is 55.4 Å². The highest BCUT2D eigenvalue weighted by molar-refractivity contribution is 6.35. The van der Waals surface area contributed by atoms with Crippen LogP contribution in [-0.4, -0.2) is 18.0 Å². The molecule has 0 radical (unpaired) electrons. The Morgan fingerprint density at radius 1 is 1.32 bits per heavy atom. The lowest BCUT2D eigenvalue weighted by atomic mass is 9.95. The SMILES string of the molecule is C[C@H](OC(=O)[C@H]1CC=CCC1)C(=O)Nc1cc(Cl)ccc1Cl. The average molecular weight is 342 g/mol. The van der Waals surface area contributed by atoms with Gasteiger partial charge in [0.1, 0.15) is 0 Å². The van der Waals surface area contributed by atoms with Gasteiger partial charge in [0.15, 0.2) is 6.10 Å². The molecule has 0 aromatic heterocycles. The van der Waals surface area contributed by atoms with Crippen LogP contribution >= 0.6 is 23.2 Å². The van der Waals surface area contributed by atoms with Crippen molar-refractivity contribution in [1.29, 1.82) is 0 Å². The van der Waals surface area contributed by atoms with Crippen molar-refractivity contribution in [3.8, 4) is 0 Å². The summed E-state index contributed by atoms with van der Waals surface area (Å²) in [7, 11) is 0. The van der Waals surface area contributed by atoms with Crippen LogP contribution in [0.25, 0.3) is 0 Å². The Balaban J connectivity index is 1.93. The number of halogens is 2. The number of esters is 1. The molecule has 0 saturated carbocycles. The number of allylic oxidation sites excluding steroid dienone is 2. The van der Waals surface area contributed by atoms with Gasteiger partial charge in [0.25, 0.3) is 5.91 Å². The van der Waals surface area contributed by atoms with Crippen LogP contribution in [0, 0.1) is 5.92 Å². The van der Waals surface area contributed by atoms with E-state index in [4.69, 9.17) is 27.9 Å². The number of hydrogen-bond donors (Lipinski definition) is 1. The molecule has 1 aliphatic rings. The Labute approximate surface area is 139 Å². The van der Waals surface area contributed by atoms with Gasteiger partial charge in [-0.25, -0.2) is 0 Å². The number of hydrogen-bond acceptors (Lipinski definition) is 3. The monoisotopic (exact) mass is 341 g/mol. The van der Waals surface area contributed by atoms with E-state index in [1.54, 1.807) is 18.2 Å². The van der Waals surface area contributed by atoms with Crippen LogP contribution in [0.1, 0.15) is 26.2 Å². The molecule has 6 heteroatoms. The van der Waals surface area contributed by atoms with Crippen molar-refractivity contribution in [3.05, 3.63) is 40.4 Å². The maximum atomic E-state index is 12.1. The first-order valence-electron chi connectivity index (χ1n) is 7.09. The molecule has 0 unspecified atom stereocenters. The first-order valence-corrected chi connectivity index (χ1v) is 7.84. The molecule has 118 valence electrons. The van der Waals surface area contributed by atoms with Crippen molar-refractivity contribution in [2.45, 2.75) is 32.3 Å². The third-order valence-corrected chi connectivity index (χ3v) is 4.02. The zero-order chi connectivity index (χ0) is 16.1. The van der Waals surface area contributed by atoms with E-state index in [0.717, 1.165) is 12.8 Å². The molecule has 0 spiro atoms. The highest BCUT2D eigenvalue weighted by atomic mass is 35.5. The van der Waals surface area contributed by atoms with Crippen LogP contribution in [0.5, 0.6) is 0 Å². The van der Waals surface area contributed by atoms with Gasteiger partial charge in [-0.1, -0.05) is 35.4 Å². The zero-order valence-electron chi connectivity index (χ0n) is 12.1. The third-order valence-electron chi connectivity index (χ3n) is 3.45. The van der Waals surface area contributed by atoms with Gasteiger partial charge in [-0.05, 0) is 44.4 Å². The standard InChI is InChI=1S/C16H17Cl2NO3/c1-10(22-16(21)11-5-3-2-4-6-11)15(20)19-14-9-12(17)7-8-13(14)18/h2-3,7-11H,4-6H2,1H3,(H,19,20)/t10-,11-/m0/s1. The lowest BCUT2D eigenvalue weighted by Gasteiger charge is -2.20. The first-order chi connectivity index (χ1) is 10.5. The van der Waals surface area contributed by atoms with Crippen molar-refractivity contribution in [1.82, 2.24) is 0 Å². The predicted molar refractivity (Wildman–Crippen MR) is 87.1 cm³/mol. The molecule has 2 rings (SSSR count). The summed E-state index contributed by atoms with van der Waals surface area (Å²) in [6, 6.07) is 4.76. The van der Waals surface area contributed by atoms with Gasteiger partial charge in [-0.15, -0.1) is 0 Å². The van der Waals surface area contributed by atoms with Gasteiger partial charge < -0.3 is 10.1 Å². The highest BCUT2D eigenvalue weighted by Crippen LogP contribution is 2.26. The molecule has 1 aromatic carbocycles. The summed E-state index contributed by atoms with van der Waals surface area (Å²) in [6.45, 7) is 1.53. The first kappa shape index (κ1) is 16.8. The lowest BCUT2D eigenvalue weighted by Crippen LogP contribution is -2.32. The van der Waals surface area contributed by atoms with Crippen LogP contribution in [-0.2, 0) is 14.3 Å². The van der Waals surface area contributed by atoms with E-state index >= 15 is 0 Å². The number of anilines is 1. The van der Waals surface area contributed by atoms with Gasteiger partial charge in [-0.2, -0.15) is 0 Å². The largest absolute Gasteiger partial charge is 0.452 e. The van der Waals surface area contributed by atoms with Crippen LogP contribution in [0.15, 0.2) is 30.4 Å². The van der Waals surface area contributed by atoms with E-state index in [9.17, 15) is 9.59 Å². The Hall–Kier alpha value is -1.52. The summed E-state index contributed by atoms with van der Waals surface area (Å²) in [4.78, 5) is 24.1. The number of carbonyl (C=O) groups excluding carboxylic acids is 2. The fourth-order valence-corrected chi connectivity index (χ4v) is 2.50. The summed E-state index contributed by atoms with van der Waals surface area (Å²) in [5.41, 5.74) is 0.391. The van der Waals surface area contributed by atoms with Crippen molar-refractivity contribution < 1.29 is 14.3 Å². The quantitative estimate of drug-likeness (QED) is 0.658. The zero-order valence-corrected chi connectivity index (χ0v) is 13.7. The number of rotatable bonds is 4. The Kier molecular flexibility index (Phi) is 5.86. The predicted octanol–water partition coefficient (Wildman–Crippen LogP) is 4.22. The van der Waals surface area contributed by atoms with Gasteiger partial charge in [0, 0.05) is 5.02 Å². The third kappa shape index (κ3) is 4.49. The van der Waals surface area contributed by atoms with E-state index in [-0.39, 0.29) is 11.9 Å². The van der Waals surface area contributed by atoms with E-state index in [1.165, 1.54) is 6.92 Å². The van der Waals surface area contributed by atoms with Crippen LogP contribution in [0.3, 0.4) is 0 Å². The molecule has 22 heavy (non-hydrogen) atoms. The molecule has 0 saturated heterocycles. The summed E-state index contributed by atoms with van der Waals surface area (Å²) in [6.07, 6.45) is 5.39. The molecule has 0 bridgehead atoms. The maximum absolute atomic E-state index is 12.1. The molecule has 0 fully saturated rings. The number of nitrogens with one attached hydrogen (secondary N) is 1. The summed E-state index contributed by atoms with van der Waals surface area (Å²) in [5.74, 6) is -0.955. The van der Waals surface area contributed by atoms with E-state index in [1.807, 2.05) is 12.2 Å². The molecule has 1 aliphatic carbocycles. The Morgan fingerprint density at radius 2 is 2.09 bits per heavy atom. The van der Waals surface area contributed by atoms with Gasteiger partial charge in [0.05, 0.1) is 16.6 Å². The number of amides is 1. The van der Waals surface area contributed by atoms with Gasteiger partial charge >= 0.3 is 5.97 Å². The molecule has 1 amide bonds. The number of carbonyl (C=O) groups is 2. The summed E-state index contributed by atoms with van der Waals surface area (Å²) >= 11 is 11.8.